The summed E-state index contributed by atoms with van der Waals surface area (Å²) < 4.78 is 5.71. The summed E-state index contributed by atoms with van der Waals surface area (Å²) in [6, 6.07) is 1.39. The van der Waals surface area contributed by atoms with Crippen LogP contribution in [0.15, 0.2) is 6.07 Å². The number of aromatic carboxylic acids is 1. The second-order valence-electron chi connectivity index (χ2n) is 4.32. The van der Waals surface area contributed by atoms with Crippen molar-refractivity contribution in [2.45, 2.75) is 45.1 Å². The van der Waals surface area contributed by atoms with Gasteiger partial charge in [0, 0.05) is 6.07 Å². The fraction of sp³-hybridized carbons (Fsp3) is 0.583. The van der Waals surface area contributed by atoms with Crippen LogP contribution >= 0.6 is 0 Å². The van der Waals surface area contributed by atoms with E-state index in [9.17, 15) is 4.79 Å². The van der Waals surface area contributed by atoms with Gasteiger partial charge >= 0.3 is 5.97 Å². The molecule has 5 heteroatoms. The van der Waals surface area contributed by atoms with Crippen molar-refractivity contribution >= 4 is 5.97 Å². The number of aryl methyl sites for hydroxylation is 1. The Hall–Kier alpha value is -1.65. The van der Waals surface area contributed by atoms with Crippen molar-refractivity contribution < 1.29 is 14.6 Å². The van der Waals surface area contributed by atoms with Crippen molar-refractivity contribution in [3.63, 3.8) is 0 Å². The molecule has 1 aromatic rings. The Morgan fingerprint density at radius 3 is 2.71 bits per heavy atom. The average Bonchev–Trinajstić information content (AvgIpc) is 2.29. The van der Waals surface area contributed by atoms with Gasteiger partial charge in [-0.2, -0.15) is 4.98 Å². The van der Waals surface area contributed by atoms with Crippen molar-refractivity contribution in [2.24, 2.45) is 0 Å². The highest BCUT2D eigenvalue weighted by Crippen LogP contribution is 2.22. The lowest BCUT2D eigenvalue weighted by atomic mass is 9.98. The van der Waals surface area contributed by atoms with E-state index >= 15 is 0 Å². The van der Waals surface area contributed by atoms with E-state index in [2.05, 4.69) is 9.97 Å². The van der Waals surface area contributed by atoms with Crippen LogP contribution in [-0.4, -0.2) is 27.1 Å². The maximum Gasteiger partial charge on any atom is 0.354 e. The molecule has 2 rings (SSSR count). The summed E-state index contributed by atoms with van der Waals surface area (Å²) in [4.78, 5) is 18.8. The van der Waals surface area contributed by atoms with Gasteiger partial charge in [0.15, 0.2) is 5.69 Å². The summed E-state index contributed by atoms with van der Waals surface area (Å²) in [6.45, 7) is 1.67. The number of hydrogen-bond donors (Lipinski definition) is 1. The molecule has 0 saturated heterocycles. The highest BCUT2D eigenvalue weighted by atomic mass is 16.5. The monoisotopic (exact) mass is 236 g/mol. The molecule has 1 saturated carbocycles. The first-order valence-electron chi connectivity index (χ1n) is 5.91. The Labute approximate surface area is 99.9 Å². The number of ether oxygens (including phenoxy) is 1. The maximum absolute atomic E-state index is 10.9. The van der Waals surface area contributed by atoms with E-state index in [1.165, 1.54) is 25.3 Å². The molecule has 92 valence electrons. The molecule has 0 unspecified atom stereocenters. The number of carboxylic acids is 1. The number of hydrogen-bond acceptors (Lipinski definition) is 4. The van der Waals surface area contributed by atoms with E-state index in [0.717, 1.165) is 12.8 Å². The minimum atomic E-state index is -1.05. The molecule has 1 N–H and O–H groups in total. The number of aromatic nitrogens is 2. The first-order valence-corrected chi connectivity index (χ1v) is 5.91. The summed E-state index contributed by atoms with van der Waals surface area (Å²) in [5, 5.41) is 8.89. The summed E-state index contributed by atoms with van der Waals surface area (Å²) >= 11 is 0. The van der Waals surface area contributed by atoms with Crippen LogP contribution in [0, 0.1) is 6.92 Å². The SMILES string of the molecule is Cc1nc(OC2CCCCC2)cc(C(=O)O)n1. The number of carbonyl (C=O) groups is 1. The third kappa shape index (κ3) is 3.15. The molecule has 1 aliphatic rings. The number of rotatable bonds is 3. The normalized spacial score (nSPS) is 16.8. The van der Waals surface area contributed by atoms with Crippen LogP contribution in [-0.2, 0) is 0 Å². The molecule has 0 aromatic carbocycles. The van der Waals surface area contributed by atoms with Gasteiger partial charge in [0.2, 0.25) is 5.88 Å². The zero-order chi connectivity index (χ0) is 12.3. The van der Waals surface area contributed by atoms with E-state index in [-0.39, 0.29) is 11.8 Å². The molecule has 0 spiro atoms. The second-order valence-corrected chi connectivity index (χ2v) is 4.32. The fourth-order valence-electron chi connectivity index (χ4n) is 2.06. The van der Waals surface area contributed by atoms with Crippen LogP contribution < -0.4 is 4.74 Å². The Bertz CT molecular complexity index is 414. The van der Waals surface area contributed by atoms with Crippen LogP contribution in [0.3, 0.4) is 0 Å². The summed E-state index contributed by atoms with van der Waals surface area (Å²) in [5.41, 5.74) is -0.0108. The molecule has 1 aliphatic carbocycles. The van der Waals surface area contributed by atoms with E-state index in [1.807, 2.05) is 0 Å². The molecule has 1 fully saturated rings. The molecular formula is C12H16N2O3. The third-order valence-corrected chi connectivity index (χ3v) is 2.87. The molecular weight excluding hydrogens is 220 g/mol. The van der Waals surface area contributed by atoms with Crippen LogP contribution in [0.25, 0.3) is 0 Å². The first kappa shape index (κ1) is 11.8. The highest BCUT2D eigenvalue weighted by Gasteiger charge is 2.17. The summed E-state index contributed by atoms with van der Waals surface area (Å²) in [5.74, 6) is -0.249. The van der Waals surface area contributed by atoms with Gasteiger partial charge in [0.1, 0.15) is 11.9 Å². The van der Waals surface area contributed by atoms with Crippen molar-refractivity contribution in [3.05, 3.63) is 17.6 Å². The van der Waals surface area contributed by atoms with Crippen LogP contribution in [0.4, 0.5) is 0 Å². The molecule has 1 heterocycles. The summed E-state index contributed by atoms with van der Waals surface area (Å²) in [7, 11) is 0. The fourth-order valence-corrected chi connectivity index (χ4v) is 2.06. The zero-order valence-electron chi connectivity index (χ0n) is 9.85. The largest absolute Gasteiger partial charge is 0.477 e. The van der Waals surface area contributed by atoms with E-state index < -0.39 is 5.97 Å². The molecule has 17 heavy (non-hydrogen) atoms. The lowest BCUT2D eigenvalue weighted by Gasteiger charge is -2.22. The minimum Gasteiger partial charge on any atom is -0.477 e. The Kier molecular flexibility index (Phi) is 3.56. The Morgan fingerprint density at radius 2 is 2.06 bits per heavy atom. The molecule has 0 amide bonds. The Morgan fingerprint density at radius 1 is 1.35 bits per heavy atom. The zero-order valence-corrected chi connectivity index (χ0v) is 9.85. The topological polar surface area (TPSA) is 72.3 Å². The molecule has 0 atom stereocenters. The van der Waals surface area contributed by atoms with Gasteiger partial charge in [-0.15, -0.1) is 0 Å². The minimum absolute atomic E-state index is 0.0108. The predicted octanol–water partition coefficient (Wildman–Crippen LogP) is 2.19. The molecule has 1 aromatic heterocycles. The number of nitrogens with zero attached hydrogens (tertiary/aromatic N) is 2. The van der Waals surface area contributed by atoms with E-state index in [4.69, 9.17) is 9.84 Å². The highest BCUT2D eigenvalue weighted by molar-refractivity contribution is 5.85. The van der Waals surface area contributed by atoms with Crippen LogP contribution in [0.5, 0.6) is 5.88 Å². The lowest BCUT2D eigenvalue weighted by Crippen LogP contribution is -2.20. The van der Waals surface area contributed by atoms with E-state index in [0.29, 0.717) is 11.7 Å². The van der Waals surface area contributed by atoms with Gasteiger partial charge in [-0.05, 0) is 32.6 Å². The Balaban J connectivity index is 2.11. The van der Waals surface area contributed by atoms with Crippen molar-refractivity contribution in [1.82, 2.24) is 9.97 Å². The van der Waals surface area contributed by atoms with Gasteiger partial charge < -0.3 is 9.84 Å². The average molecular weight is 236 g/mol. The van der Waals surface area contributed by atoms with E-state index in [1.54, 1.807) is 6.92 Å². The molecule has 0 radical (unpaired) electrons. The van der Waals surface area contributed by atoms with Crippen molar-refractivity contribution in [1.29, 1.82) is 0 Å². The molecule has 0 aliphatic heterocycles. The van der Waals surface area contributed by atoms with Gasteiger partial charge in [0.05, 0.1) is 0 Å². The predicted molar refractivity (Wildman–Crippen MR) is 61.2 cm³/mol. The standard InChI is InChI=1S/C12H16N2O3/c1-8-13-10(12(15)16)7-11(14-8)17-9-5-3-2-4-6-9/h7,9H,2-6H2,1H3,(H,15,16). The number of carboxylic acid groups (broad SMARTS) is 1. The van der Waals surface area contributed by atoms with Crippen molar-refractivity contribution in [2.75, 3.05) is 0 Å². The molecule has 5 nitrogen and oxygen atoms in total. The van der Waals surface area contributed by atoms with Gasteiger partial charge in [-0.3, -0.25) is 0 Å². The third-order valence-electron chi connectivity index (χ3n) is 2.87. The second kappa shape index (κ2) is 5.12. The van der Waals surface area contributed by atoms with Crippen LogP contribution in [0.1, 0.15) is 48.4 Å². The first-order chi connectivity index (χ1) is 8.15. The molecule has 0 bridgehead atoms. The summed E-state index contributed by atoms with van der Waals surface area (Å²) in [6.07, 6.45) is 5.79. The smallest absolute Gasteiger partial charge is 0.354 e. The van der Waals surface area contributed by atoms with Gasteiger partial charge in [0.25, 0.3) is 0 Å². The van der Waals surface area contributed by atoms with Gasteiger partial charge in [-0.25, -0.2) is 9.78 Å². The quantitative estimate of drug-likeness (QED) is 0.870. The lowest BCUT2D eigenvalue weighted by molar-refractivity contribution is 0.0688. The van der Waals surface area contributed by atoms with Gasteiger partial charge in [-0.1, -0.05) is 6.42 Å². The van der Waals surface area contributed by atoms with Crippen molar-refractivity contribution in [3.8, 4) is 5.88 Å². The maximum atomic E-state index is 10.9. The van der Waals surface area contributed by atoms with Crippen LogP contribution in [0.2, 0.25) is 0 Å².